The first-order valence-electron chi connectivity index (χ1n) is 20.7. The number of aryl methyl sites for hydroxylation is 1. The molecular formula is C45H58ClN3O6. The zero-order chi connectivity index (χ0) is 38.2. The molecule has 2 aromatic carbocycles. The summed E-state index contributed by atoms with van der Waals surface area (Å²) in [6.45, 7) is 8.97. The number of pyridine rings is 1. The summed E-state index contributed by atoms with van der Waals surface area (Å²) in [6.07, 6.45) is 11.9. The van der Waals surface area contributed by atoms with Crippen molar-refractivity contribution in [1.82, 2.24) is 9.88 Å². The van der Waals surface area contributed by atoms with Crippen LogP contribution in [0, 0.1) is 17.8 Å². The molecule has 55 heavy (non-hydrogen) atoms. The largest absolute Gasteiger partial charge is 0.493 e. The number of benzene rings is 2. The van der Waals surface area contributed by atoms with Crippen LogP contribution in [0.1, 0.15) is 99.9 Å². The van der Waals surface area contributed by atoms with E-state index in [9.17, 15) is 9.90 Å². The number of hydrogen-bond acceptors (Lipinski definition) is 8. The van der Waals surface area contributed by atoms with Crippen LogP contribution in [0.15, 0.2) is 48.7 Å². The molecule has 0 bridgehead atoms. The molecule has 1 aromatic heterocycles. The number of carboxylic acids is 1. The summed E-state index contributed by atoms with van der Waals surface area (Å²) >= 11 is 6.33. The number of halogens is 1. The van der Waals surface area contributed by atoms with Crippen LogP contribution in [0.2, 0.25) is 5.02 Å². The number of hydrogen-bond donors (Lipinski definition) is 2. The second-order valence-corrected chi connectivity index (χ2v) is 17.9. The van der Waals surface area contributed by atoms with Gasteiger partial charge in [-0.2, -0.15) is 0 Å². The Morgan fingerprint density at radius 2 is 1.87 bits per heavy atom. The number of nitrogens with one attached hydrogen (secondary N) is 1. The fraction of sp³-hybridized carbons (Fsp3) is 0.600. The number of nitrogens with zero attached hydrogens (tertiary/aromatic N) is 2. The Labute approximate surface area is 331 Å². The molecule has 5 atom stereocenters. The van der Waals surface area contributed by atoms with Crippen LogP contribution < -0.4 is 19.5 Å². The SMILES string of the molecule is C[C@@H](COc1ccnc2c1[C@H](C)CCC2)CC1Cc2cc3c(cc2C12CCC(Nc1cccc(Cl)c1)(C(=O)O)CC2)OCC(CN(C)C1CCCOC1)CO3. The van der Waals surface area contributed by atoms with E-state index in [4.69, 9.17) is 30.5 Å². The molecule has 1 saturated heterocycles. The molecule has 10 heteroatoms. The van der Waals surface area contributed by atoms with E-state index in [0.29, 0.717) is 61.5 Å². The molecule has 1 saturated carbocycles. The van der Waals surface area contributed by atoms with Gasteiger partial charge in [0.2, 0.25) is 0 Å². The van der Waals surface area contributed by atoms with Crippen molar-refractivity contribution in [3.63, 3.8) is 0 Å². The molecule has 2 N–H and O–H groups in total. The van der Waals surface area contributed by atoms with Gasteiger partial charge in [-0.25, -0.2) is 4.79 Å². The summed E-state index contributed by atoms with van der Waals surface area (Å²) in [5.41, 5.74) is 4.55. The summed E-state index contributed by atoms with van der Waals surface area (Å²) in [4.78, 5) is 20.2. The summed E-state index contributed by atoms with van der Waals surface area (Å²) in [5, 5.41) is 14.7. The Bertz CT molecular complexity index is 1840. The summed E-state index contributed by atoms with van der Waals surface area (Å²) < 4.78 is 25.5. The van der Waals surface area contributed by atoms with E-state index in [1.54, 1.807) is 0 Å². The Hall–Kier alpha value is -3.53. The van der Waals surface area contributed by atoms with E-state index >= 15 is 0 Å². The van der Waals surface area contributed by atoms with Crippen LogP contribution in [0.4, 0.5) is 5.69 Å². The van der Waals surface area contributed by atoms with Crippen molar-refractivity contribution < 1.29 is 28.8 Å². The van der Waals surface area contributed by atoms with Gasteiger partial charge in [-0.05, 0) is 148 Å². The lowest BCUT2D eigenvalue weighted by Gasteiger charge is -2.47. The number of aromatic nitrogens is 1. The van der Waals surface area contributed by atoms with Gasteiger partial charge in [-0.15, -0.1) is 0 Å². The highest BCUT2D eigenvalue weighted by atomic mass is 35.5. The monoisotopic (exact) mass is 771 g/mol. The van der Waals surface area contributed by atoms with Crippen molar-refractivity contribution in [2.75, 3.05) is 51.9 Å². The first-order chi connectivity index (χ1) is 26.6. The maximum absolute atomic E-state index is 13.1. The van der Waals surface area contributed by atoms with Crippen molar-refractivity contribution in [1.29, 1.82) is 0 Å². The molecule has 3 unspecified atom stereocenters. The highest BCUT2D eigenvalue weighted by molar-refractivity contribution is 6.30. The third-order valence-electron chi connectivity index (χ3n) is 13.6. The minimum absolute atomic E-state index is 0.186. The number of rotatable bonds is 11. The van der Waals surface area contributed by atoms with Gasteiger partial charge in [0.1, 0.15) is 11.3 Å². The molecule has 1 spiro atoms. The number of anilines is 1. The quantitative estimate of drug-likeness (QED) is 0.198. The lowest BCUT2D eigenvalue weighted by molar-refractivity contribution is -0.144. The molecule has 5 aliphatic rings. The normalized spacial score (nSPS) is 29.3. The molecule has 3 aromatic rings. The third kappa shape index (κ3) is 7.91. The van der Waals surface area contributed by atoms with Crippen LogP contribution in [0.5, 0.6) is 17.2 Å². The topological polar surface area (TPSA) is 102 Å². The molecule has 0 radical (unpaired) electrons. The number of aliphatic carboxylic acids is 1. The fourth-order valence-electron chi connectivity index (χ4n) is 10.5. The highest BCUT2D eigenvalue weighted by Crippen LogP contribution is 2.58. The number of carbonyl (C=O) groups is 1. The first kappa shape index (κ1) is 38.3. The van der Waals surface area contributed by atoms with Gasteiger partial charge in [-0.3, -0.25) is 4.98 Å². The van der Waals surface area contributed by atoms with E-state index in [0.717, 1.165) is 87.6 Å². The van der Waals surface area contributed by atoms with Crippen LogP contribution in [0.3, 0.4) is 0 Å². The Morgan fingerprint density at radius 3 is 2.62 bits per heavy atom. The Balaban J connectivity index is 1.03. The standard InChI is InChI=1S/C45H58ClN3O6/c1-29(25-53-39-12-17-47-38-11-4-7-30(2)42(38)39)19-33-20-32-21-40-41(55-27-31(26-54-40)24-49(3)36-10-6-18-52-28-36)23-37(32)44(33)13-15-45(16-14-44,43(50)51)48-35-9-5-8-34(46)22-35/h5,8-9,12,17,21-23,29-31,33,36,48H,4,6-7,10-11,13-16,18-20,24-28H2,1-3H3,(H,50,51)/t29-,30-,31?,33?,36?,44?,45?/m1/s1. The number of fused-ring (bicyclic) bond motifs is 4. The smallest absolute Gasteiger partial charge is 0.329 e. The second kappa shape index (κ2) is 16.1. The molecule has 3 aliphatic carbocycles. The van der Waals surface area contributed by atoms with Gasteiger partial charge in [-0.1, -0.05) is 31.5 Å². The molecule has 296 valence electrons. The predicted octanol–water partition coefficient (Wildman–Crippen LogP) is 8.70. The lowest BCUT2D eigenvalue weighted by atomic mass is 9.59. The third-order valence-corrected chi connectivity index (χ3v) is 13.8. The Kier molecular flexibility index (Phi) is 11.3. The second-order valence-electron chi connectivity index (χ2n) is 17.4. The number of likely N-dealkylation sites (N-methyl/N-ethyl adjacent to an activating group) is 1. The van der Waals surface area contributed by atoms with Gasteiger partial charge >= 0.3 is 5.97 Å². The lowest BCUT2D eigenvalue weighted by Crippen LogP contribution is -2.53. The average Bonchev–Trinajstić information content (AvgIpc) is 3.31. The molecule has 2 fully saturated rings. The van der Waals surface area contributed by atoms with E-state index in [1.807, 2.05) is 36.5 Å². The molecule has 9 nitrogen and oxygen atoms in total. The van der Waals surface area contributed by atoms with Gasteiger partial charge in [0.25, 0.3) is 0 Å². The average molecular weight is 772 g/mol. The number of carboxylic acid groups (broad SMARTS) is 1. The van der Waals surface area contributed by atoms with Crippen LogP contribution in [-0.4, -0.2) is 79.2 Å². The van der Waals surface area contributed by atoms with Gasteiger partial charge in [0.15, 0.2) is 11.5 Å². The van der Waals surface area contributed by atoms with Gasteiger partial charge in [0.05, 0.1) is 26.4 Å². The minimum Gasteiger partial charge on any atom is -0.493 e. The van der Waals surface area contributed by atoms with Crippen molar-refractivity contribution >= 4 is 23.3 Å². The van der Waals surface area contributed by atoms with E-state index < -0.39 is 11.5 Å². The molecule has 8 rings (SSSR count). The highest BCUT2D eigenvalue weighted by Gasteiger charge is 2.54. The van der Waals surface area contributed by atoms with Gasteiger partial charge in [0, 0.05) is 53.3 Å². The van der Waals surface area contributed by atoms with Crippen molar-refractivity contribution in [3.05, 3.63) is 76.1 Å². The van der Waals surface area contributed by atoms with Crippen molar-refractivity contribution in [2.45, 2.75) is 107 Å². The predicted molar refractivity (Wildman–Crippen MR) is 215 cm³/mol. The Morgan fingerprint density at radius 1 is 1.07 bits per heavy atom. The zero-order valence-corrected chi connectivity index (χ0v) is 33.5. The number of ether oxygens (including phenoxy) is 4. The maximum Gasteiger partial charge on any atom is 0.329 e. The molecule has 2 aliphatic heterocycles. The fourth-order valence-corrected chi connectivity index (χ4v) is 10.7. The maximum atomic E-state index is 13.1. The molecule has 0 amide bonds. The summed E-state index contributed by atoms with van der Waals surface area (Å²) in [7, 11) is 2.19. The van der Waals surface area contributed by atoms with Crippen molar-refractivity contribution in [3.8, 4) is 17.2 Å². The minimum atomic E-state index is -1.08. The van der Waals surface area contributed by atoms with Crippen LogP contribution in [0.25, 0.3) is 0 Å². The van der Waals surface area contributed by atoms with Crippen molar-refractivity contribution in [2.24, 2.45) is 17.8 Å². The zero-order valence-electron chi connectivity index (χ0n) is 32.8. The van der Waals surface area contributed by atoms with E-state index in [2.05, 4.69) is 48.2 Å². The van der Waals surface area contributed by atoms with Crippen LogP contribution >= 0.6 is 11.6 Å². The summed E-state index contributed by atoms with van der Waals surface area (Å²) in [5.74, 6) is 3.13. The summed E-state index contributed by atoms with van der Waals surface area (Å²) in [6, 6.07) is 14.4. The molecule has 3 heterocycles. The van der Waals surface area contributed by atoms with E-state index in [-0.39, 0.29) is 11.3 Å². The molecular weight excluding hydrogens is 714 g/mol. The van der Waals surface area contributed by atoms with E-state index in [1.165, 1.54) is 35.2 Å². The van der Waals surface area contributed by atoms with Gasteiger partial charge < -0.3 is 34.3 Å². The van der Waals surface area contributed by atoms with Crippen LogP contribution in [-0.2, 0) is 27.8 Å². The first-order valence-corrected chi connectivity index (χ1v) is 21.1.